The zero-order valence-electron chi connectivity index (χ0n) is 22.0. The van der Waals surface area contributed by atoms with E-state index in [-0.39, 0.29) is 41.6 Å². The number of hydrogen-bond acceptors (Lipinski definition) is 6. The molecule has 2 saturated heterocycles. The second-order valence-electron chi connectivity index (χ2n) is 10.3. The van der Waals surface area contributed by atoms with Crippen LogP contribution in [0.1, 0.15) is 53.9 Å². The van der Waals surface area contributed by atoms with Gasteiger partial charge in [0.15, 0.2) is 0 Å². The van der Waals surface area contributed by atoms with Crippen LogP contribution in [0.3, 0.4) is 0 Å². The van der Waals surface area contributed by atoms with Crippen molar-refractivity contribution in [2.45, 2.75) is 78.0 Å². The quantitative estimate of drug-likeness (QED) is 0.306. The smallest absolute Gasteiger partial charge is 0.330 e. The molecule has 0 aromatic rings. The third-order valence-corrected chi connectivity index (χ3v) is 6.89. The molecule has 9 heteroatoms. The molecular formula is C25H42N4O5. The molecule has 192 valence electrons. The monoisotopic (exact) mass is 478 g/mol. The van der Waals surface area contributed by atoms with Gasteiger partial charge in [0.05, 0.1) is 25.7 Å². The summed E-state index contributed by atoms with van der Waals surface area (Å²) in [5, 5.41) is 3.00. The van der Waals surface area contributed by atoms with E-state index in [1.54, 1.807) is 24.9 Å². The summed E-state index contributed by atoms with van der Waals surface area (Å²) in [7, 11) is 4.96. The number of esters is 1. The Morgan fingerprint density at radius 1 is 1.06 bits per heavy atom. The molecule has 1 N–H and O–H groups in total. The molecule has 4 atom stereocenters. The van der Waals surface area contributed by atoms with Gasteiger partial charge in [-0.05, 0) is 45.2 Å². The average Bonchev–Trinajstić information content (AvgIpc) is 3.59. The zero-order chi connectivity index (χ0) is 25.7. The predicted octanol–water partition coefficient (Wildman–Crippen LogP) is 1.42. The fourth-order valence-electron chi connectivity index (χ4n) is 4.54. The lowest BCUT2D eigenvalue weighted by molar-refractivity contribution is -0.142. The number of likely N-dealkylation sites (tertiary alicyclic amines) is 1. The van der Waals surface area contributed by atoms with Crippen molar-refractivity contribution in [1.29, 1.82) is 0 Å². The first kappa shape index (κ1) is 27.8. The second kappa shape index (κ2) is 11.8. The third kappa shape index (κ3) is 6.58. The van der Waals surface area contributed by atoms with Crippen molar-refractivity contribution >= 4 is 23.7 Å². The molecule has 0 radical (unpaired) electrons. The van der Waals surface area contributed by atoms with Gasteiger partial charge in [0.1, 0.15) is 12.1 Å². The summed E-state index contributed by atoms with van der Waals surface area (Å²) in [6.45, 7) is 10.7. The van der Waals surface area contributed by atoms with Crippen LogP contribution in [0.2, 0.25) is 0 Å². The van der Waals surface area contributed by atoms with Crippen molar-refractivity contribution in [3.05, 3.63) is 11.6 Å². The summed E-state index contributed by atoms with van der Waals surface area (Å²) in [5.74, 6) is -1.01. The van der Waals surface area contributed by atoms with Gasteiger partial charge in [-0.1, -0.05) is 40.2 Å². The Bertz CT molecular complexity index is 809. The van der Waals surface area contributed by atoms with Gasteiger partial charge in [0.2, 0.25) is 17.7 Å². The molecule has 0 aliphatic carbocycles. The first-order valence-electron chi connectivity index (χ1n) is 12.2. The highest BCUT2D eigenvalue weighted by Crippen LogP contribution is 2.24. The van der Waals surface area contributed by atoms with Gasteiger partial charge >= 0.3 is 5.97 Å². The molecule has 2 aliphatic heterocycles. The maximum atomic E-state index is 13.5. The molecule has 2 heterocycles. The van der Waals surface area contributed by atoms with Crippen LogP contribution in [0.5, 0.6) is 0 Å². The minimum atomic E-state index is -0.658. The molecule has 4 unspecified atom stereocenters. The molecule has 0 spiro atoms. The number of amides is 3. The Hall–Kier alpha value is -2.42. The summed E-state index contributed by atoms with van der Waals surface area (Å²) < 4.78 is 4.71. The standard InChI is InChI=1S/C25H42N4O5/c1-15(2)19(13-17(5)23(31)29-14-20(29)25(33)34-8)28(7)24(32)21(16(3)4)26-22(30)18-11-9-10-12-27(18)6/h13,15-16,18-21H,9-12,14H2,1-8H3,(H,26,30)/b17-13+. The van der Waals surface area contributed by atoms with Crippen LogP contribution >= 0.6 is 0 Å². The summed E-state index contributed by atoms with van der Waals surface area (Å²) in [5.41, 5.74) is 0.471. The van der Waals surface area contributed by atoms with E-state index >= 15 is 0 Å². The Labute approximate surface area is 203 Å². The Balaban J connectivity index is 2.14. The molecule has 2 aliphatic rings. The van der Waals surface area contributed by atoms with Gasteiger partial charge < -0.3 is 19.9 Å². The number of nitrogens with zero attached hydrogens (tertiary/aromatic N) is 3. The number of carbonyl (C=O) groups excluding carboxylic acids is 4. The van der Waals surface area contributed by atoms with E-state index in [1.807, 2.05) is 39.6 Å². The van der Waals surface area contributed by atoms with Gasteiger partial charge in [-0.25, -0.2) is 4.79 Å². The molecule has 2 fully saturated rings. The lowest BCUT2D eigenvalue weighted by Crippen LogP contribution is -2.57. The highest BCUT2D eigenvalue weighted by atomic mass is 16.5. The second-order valence-corrected chi connectivity index (χ2v) is 10.3. The number of hydrogen-bond donors (Lipinski definition) is 1. The lowest BCUT2D eigenvalue weighted by Gasteiger charge is -2.36. The van der Waals surface area contributed by atoms with Crippen molar-refractivity contribution in [3.63, 3.8) is 0 Å². The van der Waals surface area contributed by atoms with Crippen molar-refractivity contribution in [3.8, 4) is 0 Å². The fraction of sp³-hybridized carbons (Fsp3) is 0.760. The minimum Gasteiger partial charge on any atom is -0.467 e. The van der Waals surface area contributed by atoms with Crippen LogP contribution in [0, 0.1) is 11.8 Å². The van der Waals surface area contributed by atoms with Crippen LogP contribution in [-0.2, 0) is 23.9 Å². The fourth-order valence-corrected chi connectivity index (χ4v) is 4.54. The van der Waals surface area contributed by atoms with Crippen molar-refractivity contribution in [2.24, 2.45) is 11.8 Å². The average molecular weight is 479 g/mol. The Morgan fingerprint density at radius 2 is 1.71 bits per heavy atom. The highest BCUT2D eigenvalue weighted by Gasteiger charge is 2.45. The van der Waals surface area contributed by atoms with Crippen molar-refractivity contribution < 1.29 is 23.9 Å². The maximum absolute atomic E-state index is 13.5. The SMILES string of the molecule is COC(=O)C1CN1C(=O)/C(C)=C/C(C(C)C)N(C)C(=O)C(NC(=O)C1CCCCN1C)C(C)C. The largest absolute Gasteiger partial charge is 0.467 e. The van der Waals surface area contributed by atoms with Crippen LogP contribution in [0.4, 0.5) is 0 Å². The van der Waals surface area contributed by atoms with E-state index in [0.717, 1.165) is 25.8 Å². The van der Waals surface area contributed by atoms with Crippen LogP contribution in [0.25, 0.3) is 0 Å². The molecule has 2 rings (SSSR count). The number of piperidine rings is 1. The van der Waals surface area contributed by atoms with Gasteiger partial charge in [0, 0.05) is 12.6 Å². The van der Waals surface area contributed by atoms with E-state index < -0.39 is 18.1 Å². The number of likely N-dealkylation sites (N-methyl/N-ethyl adjacent to an activating group) is 2. The molecule has 0 aromatic carbocycles. The van der Waals surface area contributed by atoms with E-state index in [1.165, 1.54) is 12.0 Å². The predicted molar refractivity (Wildman–Crippen MR) is 130 cm³/mol. The normalized spacial score (nSPS) is 22.9. The molecule has 9 nitrogen and oxygen atoms in total. The summed E-state index contributed by atoms with van der Waals surface area (Å²) in [6, 6.07) is -1.75. The number of carbonyl (C=O) groups is 4. The van der Waals surface area contributed by atoms with Crippen LogP contribution in [0.15, 0.2) is 11.6 Å². The Kier molecular flexibility index (Phi) is 9.67. The zero-order valence-corrected chi connectivity index (χ0v) is 22.0. The third-order valence-electron chi connectivity index (χ3n) is 6.89. The van der Waals surface area contributed by atoms with Crippen LogP contribution < -0.4 is 5.32 Å². The number of ether oxygens (including phenoxy) is 1. The number of nitrogens with one attached hydrogen (secondary N) is 1. The van der Waals surface area contributed by atoms with E-state index in [2.05, 4.69) is 5.32 Å². The molecular weight excluding hydrogens is 436 g/mol. The topological polar surface area (TPSA) is 99.0 Å². The number of rotatable bonds is 9. The van der Waals surface area contributed by atoms with Gasteiger partial charge in [-0.3, -0.25) is 19.3 Å². The van der Waals surface area contributed by atoms with Gasteiger partial charge in [0.25, 0.3) is 0 Å². The summed E-state index contributed by atoms with van der Waals surface area (Å²) >= 11 is 0. The molecule has 0 saturated carbocycles. The van der Waals surface area contributed by atoms with Crippen LogP contribution in [-0.4, -0.2) is 96.9 Å². The maximum Gasteiger partial charge on any atom is 0.330 e. The first-order valence-corrected chi connectivity index (χ1v) is 12.2. The van der Waals surface area contributed by atoms with E-state index in [4.69, 9.17) is 4.74 Å². The first-order chi connectivity index (χ1) is 15.9. The molecule has 3 amide bonds. The molecule has 0 aromatic heterocycles. The molecule has 34 heavy (non-hydrogen) atoms. The Morgan fingerprint density at radius 3 is 2.24 bits per heavy atom. The van der Waals surface area contributed by atoms with Gasteiger partial charge in [-0.2, -0.15) is 0 Å². The highest BCUT2D eigenvalue weighted by molar-refractivity contribution is 5.99. The minimum absolute atomic E-state index is 0.0373. The van der Waals surface area contributed by atoms with Crippen molar-refractivity contribution in [1.82, 2.24) is 20.0 Å². The van der Waals surface area contributed by atoms with E-state index in [9.17, 15) is 19.2 Å². The van der Waals surface area contributed by atoms with Crippen molar-refractivity contribution in [2.75, 3.05) is 34.3 Å². The summed E-state index contributed by atoms with van der Waals surface area (Å²) in [4.78, 5) is 56.1. The number of methoxy groups -OCH3 is 1. The molecule has 0 bridgehead atoms. The van der Waals surface area contributed by atoms with E-state index in [0.29, 0.717) is 12.1 Å². The summed E-state index contributed by atoms with van der Waals surface area (Å²) in [6.07, 6.45) is 4.66. The van der Waals surface area contributed by atoms with Gasteiger partial charge in [-0.15, -0.1) is 0 Å². The lowest BCUT2D eigenvalue weighted by atomic mass is 9.96.